The van der Waals surface area contributed by atoms with Gasteiger partial charge in [0.05, 0.1) is 11.9 Å². The van der Waals surface area contributed by atoms with Crippen LogP contribution in [0.4, 0.5) is 4.39 Å². The van der Waals surface area contributed by atoms with Crippen LogP contribution in [0.3, 0.4) is 0 Å². The zero-order valence-corrected chi connectivity index (χ0v) is 9.10. The molecule has 0 saturated heterocycles. The molecule has 0 amide bonds. The molecular weight excluding hydrogens is 217 g/mol. The second-order valence-electron chi connectivity index (χ2n) is 4.20. The van der Waals surface area contributed by atoms with Gasteiger partial charge in [-0.2, -0.15) is 5.26 Å². The zero-order chi connectivity index (χ0) is 11.8. The molecule has 0 fully saturated rings. The highest BCUT2D eigenvalue weighted by atomic mass is 19.1. The van der Waals surface area contributed by atoms with Gasteiger partial charge in [0.2, 0.25) is 0 Å². The Morgan fingerprint density at radius 1 is 1.47 bits per heavy atom. The highest BCUT2D eigenvalue weighted by molar-refractivity contribution is 5.38. The minimum absolute atomic E-state index is 0.0975. The summed E-state index contributed by atoms with van der Waals surface area (Å²) in [5.74, 6) is -0.247. The summed E-state index contributed by atoms with van der Waals surface area (Å²) in [4.78, 5) is 4.09. The number of imidazole rings is 1. The summed E-state index contributed by atoms with van der Waals surface area (Å²) in [6, 6.07) is 6.67. The molecule has 17 heavy (non-hydrogen) atoms. The molecule has 0 saturated carbocycles. The summed E-state index contributed by atoms with van der Waals surface area (Å²) in [7, 11) is 0. The second kappa shape index (κ2) is 3.70. The van der Waals surface area contributed by atoms with E-state index in [9.17, 15) is 4.39 Å². The van der Waals surface area contributed by atoms with Crippen molar-refractivity contribution in [3.8, 4) is 6.07 Å². The van der Waals surface area contributed by atoms with Gasteiger partial charge in [-0.15, -0.1) is 0 Å². The topological polar surface area (TPSA) is 41.6 Å². The summed E-state index contributed by atoms with van der Waals surface area (Å²) < 4.78 is 15.6. The lowest BCUT2D eigenvalue weighted by atomic mass is 9.94. The van der Waals surface area contributed by atoms with Crippen molar-refractivity contribution in [3.05, 3.63) is 53.4 Å². The van der Waals surface area contributed by atoms with Crippen molar-refractivity contribution in [2.24, 2.45) is 0 Å². The van der Waals surface area contributed by atoms with E-state index >= 15 is 0 Å². The molecule has 1 aromatic carbocycles. The number of halogens is 1. The highest BCUT2D eigenvalue weighted by Gasteiger charge is 2.24. The van der Waals surface area contributed by atoms with E-state index in [0.29, 0.717) is 0 Å². The summed E-state index contributed by atoms with van der Waals surface area (Å²) in [6.07, 6.45) is 4.59. The van der Waals surface area contributed by atoms with E-state index in [1.165, 1.54) is 6.07 Å². The fourth-order valence-corrected chi connectivity index (χ4v) is 2.40. The Bertz CT molecular complexity index is 609. The van der Waals surface area contributed by atoms with Crippen molar-refractivity contribution in [3.63, 3.8) is 0 Å². The number of hydrogen-bond donors (Lipinski definition) is 0. The molecular formula is C13H10FN3. The molecule has 1 unspecified atom stereocenters. The van der Waals surface area contributed by atoms with Crippen LogP contribution in [-0.4, -0.2) is 9.55 Å². The molecule has 1 aliphatic rings. The largest absolute Gasteiger partial charge is 0.334 e. The molecule has 0 radical (unpaired) electrons. The van der Waals surface area contributed by atoms with Gasteiger partial charge in [-0.1, -0.05) is 6.07 Å². The number of aromatic nitrogens is 2. The number of benzene rings is 1. The Morgan fingerprint density at radius 3 is 3.12 bits per heavy atom. The molecule has 0 bridgehead atoms. The van der Waals surface area contributed by atoms with E-state index in [2.05, 4.69) is 9.55 Å². The number of fused-ring (bicyclic) bond motifs is 1. The van der Waals surface area contributed by atoms with Crippen LogP contribution in [0.2, 0.25) is 0 Å². The van der Waals surface area contributed by atoms with Gasteiger partial charge in [0.1, 0.15) is 11.9 Å². The van der Waals surface area contributed by atoms with Gasteiger partial charge >= 0.3 is 0 Å². The first kappa shape index (κ1) is 10.0. The van der Waals surface area contributed by atoms with Crippen LogP contribution < -0.4 is 0 Å². The summed E-state index contributed by atoms with van der Waals surface area (Å²) in [6.45, 7) is 0.918. The van der Waals surface area contributed by atoms with Gasteiger partial charge in [0.25, 0.3) is 0 Å². The monoisotopic (exact) mass is 227 g/mol. The lowest BCUT2D eigenvalue weighted by Gasteiger charge is -2.09. The van der Waals surface area contributed by atoms with E-state index < -0.39 is 5.82 Å². The molecule has 0 N–H and O–H groups in total. The molecule has 2 aromatic rings. The summed E-state index contributed by atoms with van der Waals surface area (Å²) in [5.41, 5.74) is 2.13. The van der Waals surface area contributed by atoms with Gasteiger partial charge in [0.15, 0.2) is 0 Å². The molecule has 1 aromatic heterocycles. The maximum absolute atomic E-state index is 13.6. The van der Waals surface area contributed by atoms with Crippen LogP contribution in [0.5, 0.6) is 0 Å². The van der Waals surface area contributed by atoms with Crippen LogP contribution >= 0.6 is 0 Å². The molecule has 1 atom stereocenters. The van der Waals surface area contributed by atoms with Crippen molar-refractivity contribution in [2.75, 3.05) is 0 Å². The summed E-state index contributed by atoms with van der Waals surface area (Å²) >= 11 is 0. The lowest BCUT2D eigenvalue weighted by molar-refractivity contribution is 0.618. The second-order valence-corrected chi connectivity index (χ2v) is 4.20. The Labute approximate surface area is 98.1 Å². The first-order chi connectivity index (χ1) is 8.29. The van der Waals surface area contributed by atoms with Gasteiger partial charge in [-0.25, -0.2) is 9.37 Å². The third kappa shape index (κ3) is 1.51. The molecule has 2 heterocycles. The number of hydrogen-bond acceptors (Lipinski definition) is 2. The molecule has 3 nitrogen and oxygen atoms in total. The van der Waals surface area contributed by atoms with Crippen molar-refractivity contribution in [2.45, 2.75) is 18.9 Å². The van der Waals surface area contributed by atoms with Crippen molar-refractivity contribution in [1.82, 2.24) is 9.55 Å². The Morgan fingerprint density at radius 2 is 2.35 bits per heavy atom. The standard InChI is InChI=1S/C13H10FN3/c14-12-5-9(1-2-10(12)6-15)11-3-4-17-8-16-7-13(11)17/h1-2,5,7-8,11H,3-4H2. The van der Waals surface area contributed by atoms with Crippen LogP contribution in [-0.2, 0) is 6.54 Å². The maximum Gasteiger partial charge on any atom is 0.141 e. The number of aryl methyl sites for hydroxylation is 1. The van der Waals surface area contributed by atoms with Crippen molar-refractivity contribution in [1.29, 1.82) is 5.26 Å². The van der Waals surface area contributed by atoms with Crippen LogP contribution in [0.1, 0.15) is 29.2 Å². The quantitative estimate of drug-likeness (QED) is 0.750. The van der Waals surface area contributed by atoms with E-state index in [4.69, 9.17) is 5.26 Å². The number of rotatable bonds is 1. The first-order valence-corrected chi connectivity index (χ1v) is 5.49. The molecule has 1 aliphatic heterocycles. The average Bonchev–Trinajstić information content (AvgIpc) is 2.90. The smallest absolute Gasteiger partial charge is 0.141 e. The Kier molecular flexibility index (Phi) is 2.19. The highest BCUT2D eigenvalue weighted by Crippen LogP contribution is 2.34. The van der Waals surface area contributed by atoms with Crippen molar-refractivity contribution < 1.29 is 4.39 Å². The van der Waals surface area contributed by atoms with Gasteiger partial charge in [-0.05, 0) is 24.1 Å². The lowest BCUT2D eigenvalue weighted by Crippen LogP contribution is -1.98. The van der Waals surface area contributed by atoms with Crippen LogP contribution in [0.15, 0.2) is 30.7 Å². The molecule has 0 spiro atoms. The first-order valence-electron chi connectivity index (χ1n) is 5.49. The van der Waals surface area contributed by atoms with E-state index in [-0.39, 0.29) is 11.5 Å². The number of nitriles is 1. The van der Waals surface area contributed by atoms with E-state index in [0.717, 1.165) is 24.2 Å². The van der Waals surface area contributed by atoms with Crippen LogP contribution in [0.25, 0.3) is 0 Å². The summed E-state index contributed by atoms with van der Waals surface area (Å²) in [5, 5.41) is 8.70. The molecule has 4 heteroatoms. The molecule has 3 rings (SSSR count). The fourth-order valence-electron chi connectivity index (χ4n) is 2.40. The Balaban J connectivity index is 2.02. The number of nitrogens with zero attached hydrogens (tertiary/aromatic N) is 3. The van der Waals surface area contributed by atoms with Gasteiger partial charge in [0, 0.05) is 24.4 Å². The maximum atomic E-state index is 13.6. The van der Waals surface area contributed by atoms with Gasteiger partial charge < -0.3 is 4.57 Å². The average molecular weight is 227 g/mol. The predicted octanol–water partition coefficient (Wildman–Crippen LogP) is 2.43. The van der Waals surface area contributed by atoms with E-state index in [1.807, 2.05) is 18.3 Å². The predicted molar refractivity (Wildman–Crippen MR) is 59.8 cm³/mol. The molecule has 84 valence electrons. The normalized spacial score (nSPS) is 17.8. The SMILES string of the molecule is N#Cc1ccc(C2CCn3cncc32)cc1F. The van der Waals surface area contributed by atoms with E-state index in [1.54, 1.807) is 12.4 Å². The third-order valence-electron chi connectivity index (χ3n) is 3.28. The minimum Gasteiger partial charge on any atom is -0.334 e. The molecule has 0 aliphatic carbocycles. The van der Waals surface area contributed by atoms with Crippen molar-refractivity contribution >= 4 is 0 Å². The fraction of sp³-hybridized carbons (Fsp3) is 0.231. The minimum atomic E-state index is -0.442. The third-order valence-corrected chi connectivity index (χ3v) is 3.28. The van der Waals surface area contributed by atoms with Crippen LogP contribution in [0, 0.1) is 17.1 Å². The Hall–Kier alpha value is -2.15. The zero-order valence-electron chi connectivity index (χ0n) is 9.10. The van der Waals surface area contributed by atoms with Gasteiger partial charge in [-0.3, -0.25) is 0 Å².